The van der Waals surface area contributed by atoms with Crippen LogP contribution in [0, 0.1) is 12.7 Å². The molecule has 1 unspecified atom stereocenters. The van der Waals surface area contributed by atoms with Gasteiger partial charge in [0.2, 0.25) is 5.69 Å². The molecule has 1 amide bonds. The minimum absolute atomic E-state index is 0.0695. The second kappa shape index (κ2) is 8.86. The predicted molar refractivity (Wildman–Crippen MR) is 112 cm³/mol. The van der Waals surface area contributed by atoms with Crippen molar-refractivity contribution in [1.29, 1.82) is 0 Å². The first-order valence-electron chi connectivity index (χ1n) is 9.67. The average molecular weight is 410 g/mol. The van der Waals surface area contributed by atoms with Crippen molar-refractivity contribution in [2.45, 2.75) is 39.8 Å². The normalized spacial score (nSPS) is 11.9. The van der Waals surface area contributed by atoms with Crippen LogP contribution in [0.15, 0.2) is 58.1 Å². The first kappa shape index (κ1) is 21.2. The highest BCUT2D eigenvalue weighted by Crippen LogP contribution is 2.10. The summed E-state index contributed by atoms with van der Waals surface area (Å²) in [6.45, 7) is 5.49. The number of carbonyl (C=O) groups is 1. The van der Waals surface area contributed by atoms with Gasteiger partial charge in [-0.1, -0.05) is 48.9 Å². The number of aryl methyl sites for hydroxylation is 1. The Bertz CT molecular complexity index is 1200. The Kier molecular flexibility index (Phi) is 6.25. The highest BCUT2D eigenvalue weighted by atomic mass is 19.1. The topological polar surface area (TPSA) is 86.0 Å². The van der Waals surface area contributed by atoms with E-state index in [2.05, 4.69) is 10.4 Å². The van der Waals surface area contributed by atoms with Crippen LogP contribution in [-0.4, -0.2) is 26.3 Å². The van der Waals surface area contributed by atoms with Crippen molar-refractivity contribution in [3.63, 3.8) is 0 Å². The lowest BCUT2D eigenvalue weighted by Gasteiger charge is -2.14. The van der Waals surface area contributed by atoms with Crippen molar-refractivity contribution in [2.24, 2.45) is 0 Å². The van der Waals surface area contributed by atoms with Crippen LogP contribution in [0.5, 0.6) is 0 Å². The second-order valence-electron chi connectivity index (χ2n) is 7.16. The molecule has 30 heavy (non-hydrogen) atoms. The molecular formula is C22H23FN4O3. The van der Waals surface area contributed by atoms with Crippen molar-refractivity contribution in [2.75, 3.05) is 0 Å². The number of rotatable bonds is 6. The Hall–Kier alpha value is -3.55. The zero-order valence-electron chi connectivity index (χ0n) is 17.1. The minimum atomic E-state index is -0.827. The van der Waals surface area contributed by atoms with Crippen LogP contribution in [0.4, 0.5) is 4.39 Å². The maximum absolute atomic E-state index is 14.4. The molecule has 8 heteroatoms. The third kappa shape index (κ3) is 4.37. The summed E-state index contributed by atoms with van der Waals surface area (Å²) >= 11 is 0. The lowest BCUT2D eigenvalue weighted by Crippen LogP contribution is -2.47. The van der Waals surface area contributed by atoms with Gasteiger partial charge in [0.05, 0.1) is 6.54 Å². The molecule has 1 N–H and O–H groups in total. The molecule has 0 spiro atoms. The summed E-state index contributed by atoms with van der Waals surface area (Å²) in [5.74, 6) is -1.40. The first-order chi connectivity index (χ1) is 14.3. The van der Waals surface area contributed by atoms with Crippen LogP contribution in [0.25, 0.3) is 5.69 Å². The molecule has 0 bridgehead atoms. The van der Waals surface area contributed by atoms with Gasteiger partial charge in [-0.15, -0.1) is 0 Å². The van der Waals surface area contributed by atoms with Gasteiger partial charge in [-0.2, -0.15) is 9.78 Å². The number of benzene rings is 2. The number of aromatic nitrogens is 3. The largest absolute Gasteiger partial charge is 0.352 e. The predicted octanol–water partition coefficient (Wildman–Crippen LogP) is 2.42. The molecule has 1 aromatic heterocycles. The van der Waals surface area contributed by atoms with Crippen LogP contribution in [0.2, 0.25) is 0 Å². The van der Waals surface area contributed by atoms with Gasteiger partial charge in [0, 0.05) is 6.04 Å². The van der Waals surface area contributed by atoms with Crippen LogP contribution in [-0.2, 0) is 6.54 Å². The van der Waals surface area contributed by atoms with E-state index < -0.39 is 28.7 Å². The molecule has 156 valence electrons. The molecule has 0 aliphatic carbocycles. The number of amides is 1. The monoisotopic (exact) mass is 410 g/mol. The van der Waals surface area contributed by atoms with Gasteiger partial charge < -0.3 is 5.32 Å². The molecule has 0 fully saturated rings. The highest BCUT2D eigenvalue weighted by molar-refractivity contribution is 5.91. The summed E-state index contributed by atoms with van der Waals surface area (Å²) in [5, 5.41) is 6.60. The van der Waals surface area contributed by atoms with Crippen molar-refractivity contribution < 1.29 is 9.18 Å². The van der Waals surface area contributed by atoms with E-state index in [1.165, 1.54) is 18.2 Å². The molecule has 3 rings (SSSR count). The Balaban J connectivity index is 2.22. The average Bonchev–Trinajstić information content (AvgIpc) is 2.72. The fraction of sp³-hybridized carbons (Fsp3) is 0.273. The number of para-hydroxylation sites is 1. The van der Waals surface area contributed by atoms with Crippen LogP contribution >= 0.6 is 0 Å². The van der Waals surface area contributed by atoms with Crippen molar-refractivity contribution in [3.05, 3.63) is 92.0 Å². The number of carbonyl (C=O) groups excluding carboxylic acids is 1. The van der Waals surface area contributed by atoms with Gasteiger partial charge in [0.25, 0.3) is 11.5 Å². The summed E-state index contributed by atoms with van der Waals surface area (Å²) < 4.78 is 16.0. The van der Waals surface area contributed by atoms with E-state index >= 15 is 0 Å². The van der Waals surface area contributed by atoms with Gasteiger partial charge in [0.15, 0.2) is 0 Å². The number of halogens is 1. The molecule has 7 nitrogen and oxygen atoms in total. The van der Waals surface area contributed by atoms with E-state index in [1.54, 1.807) is 19.1 Å². The Morgan fingerprint density at radius 2 is 1.90 bits per heavy atom. The number of hydrogen-bond acceptors (Lipinski definition) is 4. The standard InChI is InChI=1S/C22H23FN4O3/c1-4-15(3)24-20(28)19-21(29)26(13-16-9-7-8-14(2)12-16)22(30)27(25-19)18-11-6-5-10-17(18)23/h5-12,15H,4,13H2,1-3H3,(H,24,28). The lowest BCUT2D eigenvalue weighted by molar-refractivity contribution is 0.0929. The van der Waals surface area contributed by atoms with E-state index in [0.717, 1.165) is 14.8 Å². The molecule has 0 aliphatic heterocycles. The minimum Gasteiger partial charge on any atom is -0.348 e. The van der Waals surface area contributed by atoms with Crippen molar-refractivity contribution in [1.82, 2.24) is 19.7 Å². The fourth-order valence-electron chi connectivity index (χ4n) is 2.96. The van der Waals surface area contributed by atoms with Crippen molar-refractivity contribution in [3.8, 4) is 5.69 Å². The number of hydrogen-bond donors (Lipinski definition) is 1. The van der Waals surface area contributed by atoms with Gasteiger partial charge in [-0.05, 0) is 38.0 Å². The zero-order chi connectivity index (χ0) is 21.8. The van der Waals surface area contributed by atoms with E-state index in [-0.39, 0.29) is 18.3 Å². The van der Waals surface area contributed by atoms with Crippen LogP contribution in [0.3, 0.4) is 0 Å². The molecule has 0 radical (unpaired) electrons. The molecule has 1 heterocycles. The van der Waals surface area contributed by atoms with Gasteiger partial charge in [-0.3, -0.25) is 14.2 Å². The summed E-state index contributed by atoms with van der Waals surface area (Å²) in [7, 11) is 0. The first-order valence-corrected chi connectivity index (χ1v) is 9.67. The second-order valence-corrected chi connectivity index (χ2v) is 7.16. The molecule has 1 atom stereocenters. The van der Waals surface area contributed by atoms with Gasteiger partial charge in [-0.25, -0.2) is 9.18 Å². The van der Waals surface area contributed by atoms with Crippen molar-refractivity contribution >= 4 is 5.91 Å². The van der Waals surface area contributed by atoms with Crippen LogP contribution in [0.1, 0.15) is 41.9 Å². The summed E-state index contributed by atoms with van der Waals surface area (Å²) in [4.78, 5) is 38.7. The van der Waals surface area contributed by atoms with Crippen LogP contribution < -0.4 is 16.6 Å². The SMILES string of the molecule is CCC(C)NC(=O)c1nn(-c2ccccc2F)c(=O)n(Cc2cccc(C)c2)c1=O. The van der Waals surface area contributed by atoms with E-state index in [1.807, 2.05) is 32.0 Å². The molecule has 2 aromatic carbocycles. The Morgan fingerprint density at radius 1 is 1.17 bits per heavy atom. The summed E-state index contributed by atoms with van der Waals surface area (Å²) in [6, 6.07) is 12.7. The van der Waals surface area contributed by atoms with E-state index in [4.69, 9.17) is 0 Å². The summed E-state index contributed by atoms with van der Waals surface area (Å²) in [5.41, 5.74) is -0.599. The fourth-order valence-corrected chi connectivity index (χ4v) is 2.96. The number of nitrogens with zero attached hydrogens (tertiary/aromatic N) is 3. The summed E-state index contributed by atoms with van der Waals surface area (Å²) in [6.07, 6.45) is 0.649. The molecule has 0 saturated carbocycles. The Morgan fingerprint density at radius 3 is 2.57 bits per heavy atom. The van der Waals surface area contributed by atoms with Gasteiger partial charge >= 0.3 is 5.69 Å². The third-order valence-corrected chi connectivity index (χ3v) is 4.77. The van der Waals surface area contributed by atoms with Gasteiger partial charge in [0.1, 0.15) is 11.5 Å². The quantitative estimate of drug-likeness (QED) is 0.676. The molecule has 3 aromatic rings. The molecule has 0 saturated heterocycles. The Labute approximate surface area is 172 Å². The number of nitrogens with one attached hydrogen (secondary N) is 1. The van der Waals surface area contributed by atoms with E-state index in [9.17, 15) is 18.8 Å². The molecular weight excluding hydrogens is 387 g/mol. The smallest absolute Gasteiger partial charge is 0.348 e. The zero-order valence-corrected chi connectivity index (χ0v) is 17.1. The lowest BCUT2D eigenvalue weighted by atomic mass is 10.1. The maximum atomic E-state index is 14.4. The molecule has 0 aliphatic rings. The van der Waals surface area contributed by atoms with E-state index in [0.29, 0.717) is 12.0 Å². The highest BCUT2D eigenvalue weighted by Gasteiger charge is 2.22. The third-order valence-electron chi connectivity index (χ3n) is 4.77. The maximum Gasteiger partial charge on any atom is 0.352 e.